The van der Waals surface area contributed by atoms with Crippen LogP contribution in [0.5, 0.6) is 0 Å². The van der Waals surface area contributed by atoms with Crippen molar-refractivity contribution in [3.8, 4) is 0 Å². The number of hydrogen-bond acceptors (Lipinski definition) is 4. The number of benzene rings is 1. The lowest BCUT2D eigenvalue weighted by molar-refractivity contribution is 0.389. The lowest BCUT2D eigenvalue weighted by Crippen LogP contribution is -2.46. The third-order valence-corrected chi connectivity index (χ3v) is 7.08. The van der Waals surface area contributed by atoms with Gasteiger partial charge in [0.1, 0.15) is 12.4 Å². The summed E-state index contributed by atoms with van der Waals surface area (Å²) in [5.41, 5.74) is 1.44. The minimum Gasteiger partial charge on any atom is -0.356 e. The molecule has 2 aromatic heterocycles. The molecule has 0 bridgehead atoms. The van der Waals surface area contributed by atoms with Crippen molar-refractivity contribution >= 4 is 41.3 Å². The van der Waals surface area contributed by atoms with Gasteiger partial charge >= 0.3 is 0 Å². The van der Waals surface area contributed by atoms with Crippen LogP contribution >= 0.6 is 35.3 Å². The Morgan fingerprint density at radius 1 is 1.06 bits per heavy atom. The Morgan fingerprint density at radius 3 is 2.41 bits per heavy atom. The van der Waals surface area contributed by atoms with E-state index in [4.69, 9.17) is 4.99 Å². The number of halogens is 1. The number of guanidine groups is 1. The third-order valence-electron chi connectivity index (χ3n) is 6.14. The Hall–Kier alpha value is -1.94. The molecular weight excluding hydrogens is 531 g/mol. The zero-order valence-corrected chi connectivity index (χ0v) is 22.6. The average molecular weight is 567 g/mol. The molecule has 2 N–H and O–H groups in total. The number of rotatable bonds is 10. The first-order chi connectivity index (χ1) is 15.1. The molecule has 1 aromatic carbocycles. The van der Waals surface area contributed by atoms with Crippen LogP contribution < -0.4 is 10.6 Å². The molecule has 0 aliphatic rings. The van der Waals surface area contributed by atoms with Gasteiger partial charge in [0.15, 0.2) is 11.8 Å². The minimum atomic E-state index is 0. The second-order valence-corrected chi connectivity index (χ2v) is 8.88. The van der Waals surface area contributed by atoms with Crippen LogP contribution in [0, 0.1) is 6.92 Å². The SMILES string of the molecule is CCC(CC)(CNC(=NCc1nnc(C)n1C)NCCc1cccs1)c1ccccc1.I. The molecule has 2 heterocycles. The average Bonchev–Trinajstić information content (AvgIpc) is 3.43. The zero-order valence-electron chi connectivity index (χ0n) is 19.5. The van der Waals surface area contributed by atoms with E-state index >= 15 is 0 Å². The highest BCUT2D eigenvalue weighted by Gasteiger charge is 2.28. The molecule has 0 aliphatic carbocycles. The summed E-state index contributed by atoms with van der Waals surface area (Å²) >= 11 is 1.79. The highest BCUT2D eigenvalue weighted by molar-refractivity contribution is 14.0. The maximum absolute atomic E-state index is 4.83. The fourth-order valence-corrected chi connectivity index (χ4v) is 4.44. The van der Waals surface area contributed by atoms with Crippen LogP contribution in [-0.2, 0) is 25.4 Å². The zero-order chi connectivity index (χ0) is 22.1. The van der Waals surface area contributed by atoms with Gasteiger partial charge in [-0.05, 0) is 43.2 Å². The lowest BCUT2D eigenvalue weighted by Gasteiger charge is -2.33. The first-order valence-electron chi connectivity index (χ1n) is 11.0. The van der Waals surface area contributed by atoms with Gasteiger partial charge in [-0.3, -0.25) is 0 Å². The summed E-state index contributed by atoms with van der Waals surface area (Å²) in [4.78, 5) is 6.20. The Morgan fingerprint density at radius 2 is 1.81 bits per heavy atom. The van der Waals surface area contributed by atoms with E-state index in [1.807, 2.05) is 18.5 Å². The summed E-state index contributed by atoms with van der Waals surface area (Å²) in [6, 6.07) is 15.1. The molecule has 32 heavy (non-hydrogen) atoms. The highest BCUT2D eigenvalue weighted by atomic mass is 127. The summed E-state index contributed by atoms with van der Waals surface area (Å²) < 4.78 is 1.99. The van der Waals surface area contributed by atoms with Crippen LogP contribution in [0.4, 0.5) is 0 Å². The molecule has 0 saturated carbocycles. The summed E-state index contributed by atoms with van der Waals surface area (Å²) in [5, 5.41) is 17.7. The maximum Gasteiger partial charge on any atom is 0.191 e. The molecule has 6 nitrogen and oxygen atoms in total. The quantitative estimate of drug-likeness (QED) is 0.210. The van der Waals surface area contributed by atoms with Crippen LogP contribution in [0.25, 0.3) is 0 Å². The van der Waals surface area contributed by atoms with Crippen molar-refractivity contribution in [3.63, 3.8) is 0 Å². The molecule has 3 aromatic rings. The molecule has 0 saturated heterocycles. The second-order valence-electron chi connectivity index (χ2n) is 7.85. The van der Waals surface area contributed by atoms with Crippen LogP contribution in [0.1, 0.15) is 48.8 Å². The van der Waals surface area contributed by atoms with E-state index in [9.17, 15) is 0 Å². The largest absolute Gasteiger partial charge is 0.356 e. The molecule has 174 valence electrons. The predicted octanol–water partition coefficient (Wildman–Crippen LogP) is 4.84. The fourth-order valence-electron chi connectivity index (χ4n) is 3.73. The van der Waals surface area contributed by atoms with Crippen molar-refractivity contribution < 1.29 is 0 Å². The van der Waals surface area contributed by atoms with Gasteiger partial charge in [0.2, 0.25) is 0 Å². The van der Waals surface area contributed by atoms with Crippen molar-refractivity contribution in [1.29, 1.82) is 0 Å². The first-order valence-corrected chi connectivity index (χ1v) is 11.9. The van der Waals surface area contributed by atoms with Crippen LogP contribution in [0.3, 0.4) is 0 Å². The topological polar surface area (TPSA) is 67.1 Å². The van der Waals surface area contributed by atoms with Crippen molar-refractivity contribution in [2.24, 2.45) is 12.0 Å². The smallest absolute Gasteiger partial charge is 0.191 e. The monoisotopic (exact) mass is 566 g/mol. The van der Waals surface area contributed by atoms with Crippen molar-refractivity contribution in [3.05, 3.63) is 69.9 Å². The van der Waals surface area contributed by atoms with Gasteiger partial charge in [-0.15, -0.1) is 45.5 Å². The van der Waals surface area contributed by atoms with E-state index < -0.39 is 0 Å². The van der Waals surface area contributed by atoms with Crippen molar-refractivity contribution in [1.82, 2.24) is 25.4 Å². The summed E-state index contributed by atoms with van der Waals surface area (Å²) in [6.45, 7) is 8.63. The number of aryl methyl sites for hydroxylation is 1. The lowest BCUT2D eigenvalue weighted by atomic mass is 9.76. The fraction of sp³-hybridized carbons (Fsp3) is 0.458. The number of aliphatic imine (C=N–C) groups is 1. The standard InChI is InChI=1S/C24H34N6S.HI/c1-5-24(6-2,20-11-8-7-9-12-20)18-27-23(25-15-14-21-13-10-16-31-21)26-17-22-29-28-19(3)30(22)4;/h7-13,16H,5-6,14-15,17-18H2,1-4H3,(H2,25,26,27);1H. The maximum atomic E-state index is 4.83. The number of hydrogen-bond donors (Lipinski definition) is 2. The van der Waals surface area contributed by atoms with Gasteiger partial charge in [0.25, 0.3) is 0 Å². The predicted molar refractivity (Wildman–Crippen MR) is 145 cm³/mol. The molecular formula is C24H35IN6S. The Labute approximate surface area is 213 Å². The first kappa shape index (κ1) is 26.3. The Bertz CT molecular complexity index is 948. The molecule has 0 atom stereocenters. The molecule has 0 fully saturated rings. The van der Waals surface area contributed by atoms with E-state index in [2.05, 4.69) is 82.5 Å². The Kier molecular flexibility index (Phi) is 10.6. The number of nitrogens with one attached hydrogen (secondary N) is 2. The van der Waals surface area contributed by atoms with Crippen molar-refractivity contribution in [2.45, 2.75) is 52.0 Å². The minimum absolute atomic E-state index is 0. The highest BCUT2D eigenvalue weighted by Crippen LogP contribution is 2.30. The van der Waals surface area contributed by atoms with E-state index in [1.54, 1.807) is 11.3 Å². The molecule has 0 spiro atoms. The van der Waals surface area contributed by atoms with Crippen LogP contribution in [0.15, 0.2) is 52.8 Å². The normalized spacial score (nSPS) is 11.8. The van der Waals surface area contributed by atoms with Gasteiger partial charge < -0.3 is 15.2 Å². The van der Waals surface area contributed by atoms with Gasteiger partial charge in [0, 0.05) is 30.4 Å². The molecule has 3 rings (SSSR count). The summed E-state index contributed by atoms with van der Waals surface area (Å²) in [6.07, 6.45) is 3.10. The van der Waals surface area contributed by atoms with Gasteiger partial charge in [-0.1, -0.05) is 50.2 Å². The van der Waals surface area contributed by atoms with Crippen molar-refractivity contribution in [2.75, 3.05) is 13.1 Å². The molecule has 0 unspecified atom stereocenters. The van der Waals surface area contributed by atoms with Gasteiger partial charge in [-0.2, -0.15) is 0 Å². The van der Waals surface area contributed by atoms with E-state index in [-0.39, 0.29) is 29.4 Å². The van der Waals surface area contributed by atoms with Crippen LogP contribution in [-0.4, -0.2) is 33.8 Å². The van der Waals surface area contributed by atoms with E-state index in [0.29, 0.717) is 6.54 Å². The molecule has 0 radical (unpaired) electrons. The second kappa shape index (κ2) is 12.9. The Balaban J connectivity index is 0.00000363. The van der Waals surface area contributed by atoms with Crippen LogP contribution in [0.2, 0.25) is 0 Å². The van der Waals surface area contributed by atoms with E-state index in [1.165, 1.54) is 10.4 Å². The molecule has 0 aliphatic heterocycles. The number of thiophene rings is 1. The molecule has 0 amide bonds. The van der Waals surface area contributed by atoms with Gasteiger partial charge in [0.05, 0.1) is 0 Å². The van der Waals surface area contributed by atoms with E-state index in [0.717, 1.165) is 50.0 Å². The van der Waals surface area contributed by atoms with Gasteiger partial charge in [-0.25, -0.2) is 4.99 Å². The number of aromatic nitrogens is 3. The third kappa shape index (κ3) is 6.78. The molecule has 8 heteroatoms. The summed E-state index contributed by atoms with van der Waals surface area (Å²) in [5.74, 6) is 2.57. The summed E-state index contributed by atoms with van der Waals surface area (Å²) in [7, 11) is 1.98. The number of nitrogens with zero attached hydrogens (tertiary/aromatic N) is 4.